The lowest BCUT2D eigenvalue weighted by molar-refractivity contribution is -0.118. The Kier molecular flexibility index (Phi) is 7.91. The average molecular weight is 488 g/mol. The number of para-hydroxylation sites is 1. The molecular formula is C26H22ClN5OS. The van der Waals surface area contributed by atoms with Crippen molar-refractivity contribution in [2.75, 3.05) is 5.75 Å². The fourth-order valence-electron chi connectivity index (χ4n) is 3.18. The molecule has 0 spiro atoms. The van der Waals surface area contributed by atoms with Crippen LogP contribution in [0, 0.1) is 0 Å². The van der Waals surface area contributed by atoms with Crippen LogP contribution >= 0.6 is 23.4 Å². The van der Waals surface area contributed by atoms with Crippen LogP contribution in [-0.4, -0.2) is 32.6 Å². The van der Waals surface area contributed by atoms with E-state index in [-0.39, 0.29) is 11.7 Å². The average Bonchev–Trinajstić information content (AvgIpc) is 3.28. The van der Waals surface area contributed by atoms with Crippen LogP contribution in [0.25, 0.3) is 23.2 Å². The Morgan fingerprint density at radius 3 is 2.38 bits per heavy atom. The first-order valence-corrected chi connectivity index (χ1v) is 11.9. The quantitative estimate of drug-likeness (QED) is 0.191. The Morgan fingerprint density at radius 2 is 1.68 bits per heavy atom. The van der Waals surface area contributed by atoms with Crippen molar-refractivity contribution in [1.82, 2.24) is 20.2 Å². The molecule has 1 N–H and O–H groups in total. The fraction of sp³-hybridized carbons (Fsp3) is 0.0769. The standard InChI is InChI=1S/C26H22ClN5OS/c1-19(16-20-8-4-2-5-9-20)17-28-29-24(33)18-34-26-31-30-25(21-12-14-22(27)15-13-21)32(26)23-10-6-3-7-11-23/h2-17H,18H2,1H3,(H,29,33)/b19-16+,28-17?. The van der Waals surface area contributed by atoms with E-state index in [0.717, 1.165) is 22.4 Å². The van der Waals surface area contributed by atoms with Crippen molar-refractivity contribution in [3.8, 4) is 17.1 Å². The van der Waals surface area contributed by atoms with E-state index in [9.17, 15) is 4.79 Å². The highest BCUT2D eigenvalue weighted by Crippen LogP contribution is 2.28. The predicted molar refractivity (Wildman–Crippen MR) is 139 cm³/mol. The van der Waals surface area contributed by atoms with Crippen LogP contribution in [0.15, 0.2) is 101 Å². The first kappa shape index (κ1) is 23.5. The van der Waals surface area contributed by atoms with E-state index in [4.69, 9.17) is 11.6 Å². The van der Waals surface area contributed by atoms with Crippen molar-refractivity contribution >= 4 is 41.6 Å². The zero-order chi connectivity index (χ0) is 23.8. The summed E-state index contributed by atoms with van der Waals surface area (Å²) in [4.78, 5) is 12.4. The van der Waals surface area contributed by atoms with Gasteiger partial charge in [-0.3, -0.25) is 9.36 Å². The molecule has 8 heteroatoms. The number of thioether (sulfide) groups is 1. The number of hydrazone groups is 1. The lowest BCUT2D eigenvalue weighted by atomic mass is 10.1. The molecule has 0 atom stereocenters. The van der Waals surface area contributed by atoms with Gasteiger partial charge < -0.3 is 0 Å². The smallest absolute Gasteiger partial charge is 0.250 e. The number of carbonyl (C=O) groups is 1. The monoisotopic (exact) mass is 487 g/mol. The summed E-state index contributed by atoms with van der Waals surface area (Å²) in [5, 5.41) is 14.0. The van der Waals surface area contributed by atoms with Crippen LogP contribution in [0.3, 0.4) is 0 Å². The maximum Gasteiger partial charge on any atom is 0.250 e. The Bertz CT molecular complexity index is 1300. The summed E-state index contributed by atoms with van der Waals surface area (Å²) >= 11 is 7.33. The third-order valence-corrected chi connectivity index (χ3v) is 5.91. The molecule has 0 fully saturated rings. The third-order valence-electron chi connectivity index (χ3n) is 4.73. The molecule has 0 bridgehead atoms. The van der Waals surface area contributed by atoms with Gasteiger partial charge in [-0.1, -0.05) is 78.0 Å². The zero-order valence-electron chi connectivity index (χ0n) is 18.4. The lowest BCUT2D eigenvalue weighted by Gasteiger charge is -2.10. The SMILES string of the molecule is C/C(C=NNC(=O)CSc1nnc(-c2ccc(Cl)cc2)n1-c1ccccc1)=C\c1ccccc1. The van der Waals surface area contributed by atoms with Gasteiger partial charge in [0.2, 0.25) is 0 Å². The molecule has 1 heterocycles. The highest BCUT2D eigenvalue weighted by atomic mass is 35.5. The summed E-state index contributed by atoms with van der Waals surface area (Å²) in [6, 6.07) is 27.1. The summed E-state index contributed by atoms with van der Waals surface area (Å²) in [6.07, 6.45) is 3.62. The number of rotatable bonds is 8. The van der Waals surface area contributed by atoms with Crippen molar-refractivity contribution in [2.45, 2.75) is 12.1 Å². The van der Waals surface area contributed by atoms with Crippen molar-refractivity contribution in [3.05, 3.63) is 101 Å². The summed E-state index contributed by atoms with van der Waals surface area (Å²) in [7, 11) is 0. The van der Waals surface area contributed by atoms with E-state index < -0.39 is 0 Å². The maximum absolute atomic E-state index is 12.4. The van der Waals surface area contributed by atoms with Crippen LogP contribution < -0.4 is 5.43 Å². The predicted octanol–water partition coefficient (Wildman–Crippen LogP) is 5.89. The number of carbonyl (C=O) groups excluding carboxylic acids is 1. The first-order chi connectivity index (χ1) is 16.6. The van der Waals surface area contributed by atoms with Gasteiger partial charge in [-0.25, -0.2) is 5.43 Å². The van der Waals surface area contributed by atoms with Gasteiger partial charge in [0.15, 0.2) is 11.0 Å². The maximum atomic E-state index is 12.4. The van der Waals surface area contributed by atoms with Crippen LogP contribution in [0.1, 0.15) is 12.5 Å². The molecule has 0 unspecified atom stereocenters. The van der Waals surface area contributed by atoms with E-state index in [1.807, 2.05) is 102 Å². The van der Waals surface area contributed by atoms with Crippen molar-refractivity contribution in [1.29, 1.82) is 0 Å². The van der Waals surface area contributed by atoms with Gasteiger partial charge in [-0.15, -0.1) is 10.2 Å². The summed E-state index contributed by atoms with van der Waals surface area (Å²) in [5.41, 5.74) is 6.35. The molecule has 0 aliphatic rings. The Morgan fingerprint density at radius 1 is 1.00 bits per heavy atom. The second-order valence-electron chi connectivity index (χ2n) is 7.36. The minimum Gasteiger partial charge on any atom is -0.272 e. The van der Waals surface area contributed by atoms with Crippen LogP contribution in [0.2, 0.25) is 5.02 Å². The van der Waals surface area contributed by atoms with E-state index in [0.29, 0.717) is 16.0 Å². The van der Waals surface area contributed by atoms with E-state index in [1.54, 1.807) is 6.21 Å². The number of hydrogen-bond acceptors (Lipinski definition) is 5. The van der Waals surface area contributed by atoms with E-state index in [2.05, 4.69) is 20.7 Å². The fourth-order valence-corrected chi connectivity index (χ4v) is 4.05. The van der Waals surface area contributed by atoms with E-state index in [1.165, 1.54) is 11.8 Å². The Balaban J connectivity index is 1.45. The topological polar surface area (TPSA) is 72.2 Å². The third kappa shape index (κ3) is 6.21. The van der Waals surface area contributed by atoms with Crippen molar-refractivity contribution in [3.63, 3.8) is 0 Å². The lowest BCUT2D eigenvalue weighted by Crippen LogP contribution is -2.20. The number of nitrogens with one attached hydrogen (secondary N) is 1. The van der Waals surface area contributed by atoms with E-state index >= 15 is 0 Å². The molecule has 3 aromatic carbocycles. The number of benzene rings is 3. The Labute approximate surface area is 207 Å². The molecule has 0 aliphatic carbocycles. The number of halogens is 1. The molecule has 6 nitrogen and oxygen atoms in total. The normalized spacial score (nSPS) is 11.6. The minimum absolute atomic E-state index is 0.143. The summed E-state index contributed by atoms with van der Waals surface area (Å²) in [5.74, 6) is 0.583. The Hall–Kier alpha value is -3.68. The van der Waals surface area contributed by atoms with Gasteiger partial charge >= 0.3 is 0 Å². The first-order valence-electron chi connectivity index (χ1n) is 10.5. The van der Waals surface area contributed by atoms with Crippen LogP contribution in [0.4, 0.5) is 0 Å². The molecule has 1 aromatic heterocycles. The highest BCUT2D eigenvalue weighted by molar-refractivity contribution is 7.99. The molecule has 4 rings (SSSR count). The number of nitrogens with zero attached hydrogens (tertiary/aromatic N) is 4. The van der Waals surface area contributed by atoms with Crippen LogP contribution in [-0.2, 0) is 4.79 Å². The second kappa shape index (κ2) is 11.4. The molecule has 34 heavy (non-hydrogen) atoms. The molecule has 0 saturated heterocycles. The number of hydrogen-bond donors (Lipinski definition) is 1. The molecule has 0 radical (unpaired) electrons. The number of amides is 1. The molecule has 0 aliphatic heterocycles. The molecular weight excluding hydrogens is 466 g/mol. The molecule has 170 valence electrons. The van der Waals surface area contributed by atoms with Crippen molar-refractivity contribution < 1.29 is 4.79 Å². The minimum atomic E-state index is -0.232. The molecule has 0 saturated carbocycles. The van der Waals surface area contributed by atoms with Gasteiger partial charge in [0.1, 0.15) is 0 Å². The van der Waals surface area contributed by atoms with Gasteiger partial charge in [-0.2, -0.15) is 5.10 Å². The summed E-state index contributed by atoms with van der Waals surface area (Å²) < 4.78 is 1.93. The van der Waals surface area contributed by atoms with Gasteiger partial charge in [-0.05, 0) is 54.5 Å². The van der Waals surface area contributed by atoms with Gasteiger partial charge in [0.25, 0.3) is 5.91 Å². The molecule has 4 aromatic rings. The number of aromatic nitrogens is 3. The highest BCUT2D eigenvalue weighted by Gasteiger charge is 2.17. The van der Waals surface area contributed by atoms with Crippen LogP contribution in [0.5, 0.6) is 0 Å². The van der Waals surface area contributed by atoms with Crippen molar-refractivity contribution in [2.24, 2.45) is 5.10 Å². The number of allylic oxidation sites excluding steroid dienone is 1. The largest absolute Gasteiger partial charge is 0.272 e. The summed E-state index contributed by atoms with van der Waals surface area (Å²) in [6.45, 7) is 1.93. The molecule has 1 amide bonds. The second-order valence-corrected chi connectivity index (χ2v) is 8.74. The van der Waals surface area contributed by atoms with Gasteiger partial charge in [0, 0.05) is 16.3 Å². The zero-order valence-corrected chi connectivity index (χ0v) is 20.0. The van der Waals surface area contributed by atoms with Gasteiger partial charge in [0.05, 0.1) is 12.0 Å².